The number of carbonyl (C=O) groups is 2. The van der Waals surface area contributed by atoms with Crippen LogP contribution in [0.3, 0.4) is 0 Å². The molecule has 0 saturated carbocycles. The van der Waals surface area contributed by atoms with Gasteiger partial charge in [0.05, 0.1) is 18.9 Å². The van der Waals surface area contributed by atoms with Crippen LogP contribution in [0.25, 0.3) is 0 Å². The number of hydrogen-bond acceptors (Lipinski definition) is 4. The number of ether oxygens (including phenoxy) is 1. The summed E-state index contributed by atoms with van der Waals surface area (Å²) in [7, 11) is 1.63. The molecule has 1 aliphatic heterocycles. The minimum Gasteiger partial charge on any atom is -0.497 e. The van der Waals surface area contributed by atoms with Crippen molar-refractivity contribution in [3.05, 3.63) is 131 Å². The molecule has 5 rings (SSSR count). The normalized spacial score (nSPS) is 14.5. The third-order valence-corrected chi connectivity index (χ3v) is 6.87. The topological polar surface area (TPSA) is 71.0 Å². The van der Waals surface area contributed by atoms with Gasteiger partial charge in [0.25, 0.3) is 0 Å². The van der Waals surface area contributed by atoms with Crippen LogP contribution in [0.4, 0.5) is 5.69 Å². The standard InChI is InChI=1S/C33H31N3O3/c1-39-28-18-16-26(17-19-28)31-23-30(25-12-6-3-7-13-25)35-36(31)33(38)21-20-32(37)34-29-15-9-8-14-27(29)22-24-10-4-2-5-11-24/h2-19,31H,20-23H2,1H3,(H,34,37)/t31-/m1/s1. The molecule has 0 bridgehead atoms. The van der Waals surface area contributed by atoms with Gasteiger partial charge < -0.3 is 10.1 Å². The highest BCUT2D eigenvalue weighted by Crippen LogP contribution is 2.34. The van der Waals surface area contributed by atoms with Crippen LogP contribution >= 0.6 is 0 Å². The fourth-order valence-electron chi connectivity index (χ4n) is 4.79. The van der Waals surface area contributed by atoms with E-state index in [4.69, 9.17) is 9.84 Å². The number of amides is 2. The maximum atomic E-state index is 13.4. The SMILES string of the molecule is COc1ccc([C@H]2CC(c3ccccc3)=NN2C(=O)CCC(=O)Nc2ccccc2Cc2ccccc2)cc1. The summed E-state index contributed by atoms with van der Waals surface area (Å²) in [6.07, 6.45) is 1.44. The molecular formula is C33H31N3O3. The second-order valence-corrected chi connectivity index (χ2v) is 9.51. The number of para-hydroxylation sites is 1. The second-order valence-electron chi connectivity index (χ2n) is 9.51. The number of hydrogen-bond donors (Lipinski definition) is 1. The van der Waals surface area contributed by atoms with Crippen LogP contribution in [0, 0.1) is 0 Å². The van der Waals surface area contributed by atoms with E-state index in [9.17, 15) is 9.59 Å². The van der Waals surface area contributed by atoms with E-state index < -0.39 is 0 Å². The smallest absolute Gasteiger partial charge is 0.243 e. The van der Waals surface area contributed by atoms with E-state index in [1.807, 2.05) is 97.1 Å². The third-order valence-electron chi connectivity index (χ3n) is 6.87. The number of hydrazone groups is 1. The van der Waals surface area contributed by atoms with Gasteiger partial charge in [-0.15, -0.1) is 0 Å². The average Bonchev–Trinajstić information content (AvgIpc) is 3.44. The van der Waals surface area contributed by atoms with Gasteiger partial charge in [0.1, 0.15) is 5.75 Å². The van der Waals surface area contributed by atoms with Crippen LogP contribution in [0.5, 0.6) is 5.75 Å². The summed E-state index contributed by atoms with van der Waals surface area (Å²) in [4.78, 5) is 26.3. The summed E-state index contributed by atoms with van der Waals surface area (Å²) >= 11 is 0. The minimum atomic E-state index is -0.242. The van der Waals surface area contributed by atoms with Gasteiger partial charge in [0.2, 0.25) is 11.8 Å². The van der Waals surface area contributed by atoms with Crippen molar-refractivity contribution in [1.29, 1.82) is 0 Å². The summed E-state index contributed by atoms with van der Waals surface area (Å²) in [5, 5.41) is 9.27. The molecule has 2 amide bonds. The summed E-state index contributed by atoms with van der Waals surface area (Å²) in [5.41, 5.74) is 5.77. The molecule has 1 N–H and O–H groups in total. The lowest BCUT2D eigenvalue weighted by atomic mass is 9.98. The summed E-state index contributed by atoms with van der Waals surface area (Å²) in [5.74, 6) is 0.369. The Morgan fingerprint density at radius 1 is 0.846 bits per heavy atom. The first-order chi connectivity index (χ1) is 19.1. The lowest BCUT2D eigenvalue weighted by Gasteiger charge is -2.22. The highest BCUT2D eigenvalue weighted by molar-refractivity contribution is 6.03. The number of carbonyl (C=O) groups excluding carboxylic acids is 2. The molecule has 1 atom stereocenters. The van der Waals surface area contributed by atoms with Gasteiger partial charge in [-0.25, -0.2) is 5.01 Å². The number of nitrogens with one attached hydrogen (secondary N) is 1. The second kappa shape index (κ2) is 12.2. The highest BCUT2D eigenvalue weighted by atomic mass is 16.5. The molecule has 4 aromatic rings. The monoisotopic (exact) mass is 517 g/mol. The first kappa shape index (κ1) is 25.9. The molecule has 1 aliphatic rings. The van der Waals surface area contributed by atoms with Crippen molar-refractivity contribution in [2.24, 2.45) is 5.10 Å². The van der Waals surface area contributed by atoms with Crippen molar-refractivity contribution in [2.45, 2.75) is 31.7 Å². The lowest BCUT2D eigenvalue weighted by molar-refractivity contribution is -0.134. The van der Waals surface area contributed by atoms with Crippen molar-refractivity contribution in [3.8, 4) is 5.75 Å². The molecule has 1 heterocycles. The van der Waals surface area contributed by atoms with Crippen molar-refractivity contribution >= 4 is 23.2 Å². The maximum Gasteiger partial charge on any atom is 0.243 e. The van der Waals surface area contributed by atoms with E-state index in [2.05, 4.69) is 17.4 Å². The predicted octanol–water partition coefficient (Wildman–Crippen LogP) is 6.38. The largest absolute Gasteiger partial charge is 0.497 e. The average molecular weight is 518 g/mol. The van der Waals surface area contributed by atoms with Gasteiger partial charge in [-0.3, -0.25) is 9.59 Å². The van der Waals surface area contributed by atoms with Crippen LogP contribution in [0.2, 0.25) is 0 Å². The van der Waals surface area contributed by atoms with E-state index >= 15 is 0 Å². The Bertz CT molecular complexity index is 1450. The number of methoxy groups -OCH3 is 1. The van der Waals surface area contributed by atoms with Crippen LogP contribution in [-0.4, -0.2) is 29.6 Å². The zero-order chi connectivity index (χ0) is 27.0. The lowest BCUT2D eigenvalue weighted by Crippen LogP contribution is -2.28. The van der Waals surface area contributed by atoms with Gasteiger partial charge in [-0.2, -0.15) is 5.10 Å². The molecule has 196 valence electrons. The zero-order valence-corrected chi connectivity index (χ0v) is 21.9. The van der Waals surface area contributed by atoms with Crippen molar-refractivity contribution in [3.63, 3.8) is 0 Å². The Hall–Kier alpha value is -4.71. The van der Waals surface area contributed by atoms with E-state index in [1.165, 1.54) is 5.56 Å². The summed E-state index contributed by atoms with van der Waals surface area (Å²) in [6.45, 7) is 0. The predicted molar refractivity (Wildman–Crippen MR) is 154 cm³/mol. The van der Waals surface area contributed by atoms with Crippen LogP contribution in [0.1, 0.15) is 47.6 Å². The highest BCUT2D eigenvalue weighted by Gasteiger charge is 2.33. The van der Waals surface area contributed by atoms with Crippen molar-refractivity contribution < 1.29 is 14.3 Å². The molecule has 6 nitrogen and oxygen atoms in total. The maximum absolute atomic E-state index is 13.4. The van der Waals surface area contributed by atoms with Gasteiger partial charge in [-0.1, -0.05) is 91.0 Å². The van der Waals surface area contributed by atoms with Crippen molar-refractivity contribution in [1.82, 2.24) is 5.01 Å². The number of anilines is 1. The Kier molecular flexibility index (Phi) is 8.12. The van der Waals surface area contributed by atoms with Gasteiger partial charge in [0, 0.05) is 24.9 Å². The van der Waals surface area contributed by atoms with E-state index in [1.54, 1.807) is 12.1 Å². The number of rotatable bonds is 9. The Labute approximate surface area is 228 Å². The fraction of sp³-hybridized carbons (Fsp3) is 0.182. The van der Waals surface area contributed by atoms with Gasteiger partial charge >= 0.3 is 0 Å². The molecular weight excluding hydrogens is 486 g/mol. The third kappa shape index (κ3) is 6.41. The zero-order valence-electron chi connectivity index (χ0n) is 21.9. The number of benzene rings is 4. The summed E-state index contributed by atoms with van der Waals surface area (Å²) < 4.78 is 5.30. The first-order valence-corrected chi connectivity index (χ1v) is 13.1. The Morgan fingerprint density at radius 3 is 2.23 bits per heavy atom. The van der Waals surface area contributed by atoms with E-state index in [0.717, 1.165) is 33.8 Å². The molecule has 0 aromatic heterocycles. The van der Waals surface area contributed by atoms with Gasteiger partial charge in [0.15, 0.2) is 0 Å². The molecule has 0 spiro atoms. The van der Waals surface area contributed by atoms with Crippen LogP contribution in [0.15, 0.2) is 114 Å². The molecule has 0 radical (unpaired) electrons. The number of nitrogens with zero attached hydrogens (tertiary/aromatic N) is 2. The Balaban J connectivity index is 1.27. The molecule has 6 heteroatoms. The molecule has 0 unspecified atom stereocenters. The summed E-state index contributed by atoms with van der Waals surface area (Å²) in [6, 6.07) is 35.2. The van der Waals surface area contributed by atoms with Gasteiger partial charge in [-0.05, 0) is 46.9 Å². The molecule has 39 heavy (non-hydrogen) atoms. The molecule has 4 aromatic carbocycles. The van der Waals surface area contributed by atoms with E-state index in [-0.39, 0.29) is 30.7 Å². The molecule has 0 saturated heterocycles. The van der Waals surface area contributed by atoms with E-state index in [0.29, 0.717) is 12.8 Å². The quantitative estimate of drug-likeness (QED) is 0.280. The fourth-order valence-corrected chi connectivity index (χ4v) is 4.79. The van der Waals surface area contributed by atoms with Crippen LogP contribution < -0.4 is 10.1 Å². The Morgan fingerprint density at radius 2 is 1.51 bits per heavy atom. The molecule has 0 aliphatic carbocycles. The molecule has 0 fully saturated rings. The van der Waals surface area contributed by atoms with Crippen LogP contribution in [-0.2, 0) is 16.0 Å². The van der Waals surface area contributed by atoms with Crippen molar-refractivity contribution in [2.75, 3.05) is 12.4 Å². The minimum absolute atomic E-state index is 0.0604. The first-order valence-electron chi connectivity index (χ1n) is 13.1.